The van der Waals surface area contributed by atoms with E-state index in [2.05, 4.69) is 0 Å². The summed E-state index contributed by atoms with van der Waals surface area (Å²) >= 11 is 0. The molecular weight excluding hydrogens is 192 g/mol. The molecule has 1 aromatic carbocycles. The van der Waals surface area contributed by atoms with Crippen molar-refractivity contribution in [1.29, 1.82) is 0 Å². The van der Waals surface area contributed by atoms with Gasteiger partial charge < -0.3 is 9.47 Å². The third-order valence-corrected chi connectivity index (χ3v) is 1.92. The highest BCUT2D eigenvalue weighted by molar-refractivity contribution is 5.74. The smallest absolute Gasteiger partial charge is 0.347 e. The van der Waals surface area contributed by atoms with E-state index in [1.807, 2.05) is 31.2 Å². The van der Waals surface area contributed by atoms with E-state index in [1.54, 1.807) is 13.8 Å². The predicted molar refractivity (Wildman–Crippen MR) is 57.9 cm³/mol. The average molecular weight is 208 g/mol. The molecule has 0 aromatic heterocycles. The maximum atomic E-state index is 11.3. The molecule has 1 rings (SSSR count). The molecule has 0 aliphatic heterocycles. The van der Waals surface area contributed by atoms with Gasteiger partial charge in [0.25, 0.3) is 0 Å². The first kappa shape index (κ1) is 11.6. The van der Waals surface area contributed by atoms with Crippen molar-refractivity contribution in [2.45, 2.75) is 26.9 Å². The van der Waals surface area contributed by atoms with Crippen LogP contribution in [-0.2, 0) is 9.53 Å². The summed E-state index contributed by atoms with van der Waals surface area (Å²) in [5.41, 5.74) is 1.10. The van der Waals surface area contributed by atoms with Crippen LogP contribution in [0.15, 0.2) is 24.3 Å². The van der Waals surface area contributed by atoms with E-state index >= 15 is 0 Å². The summed E-state index contributed by atoms with van der Waals surface area (Å²) in [4.78, 5) is 11.3. The van der Waals surface area contributed by atoms with Crippen molar-refractivity contribution in [2.75, 3.05) is 6.61 Å². The van der Waals surface area contributed by atoms with Crippen molar-refractivity contribution in [3.05, 3.63) is 29.8 Å². The molecule has 1 atom stereocenters. The molecule has 0 amide bonds. The van der Waals surface area contributed by atoms with E-state index in [9.17, 15) is 4.79 Å². The van der Waals surface area contributed by atoms with E-state index in [1.165, 1.54) is 0 Å². The number of carbonyl (C=O) groups excluding carboxylic acids is 1. The Labute approximate surface area is 90.0 Å². The molecule has 0 heterocycles. The van der Waals surface area contributed by atoms with Crippen molar-refractivity contribution in [3.8, 4) is 5.75 Å². The van der Waals surface area contributed by atoms with Crippen molar-refractivity contribution in [2.24, 2.45) is 0 Å². The van der Waals surface area contributed by atoms with Gasteiger partial charge in [-0.1, -0.05) is 12.1 Å². The van der Waals surface area contributed by atoms with E-state index in [0.29, 0.717) is 12.4 Å². The summed E-state index contributed by atoms with van der Waals surface area (Å²) in [7, 11) is 0. The lowest BCUT2D eigenvalue weighted by Gasteiger charge is -2.13. The molecule has 0 radical (unpaired) electrons. The Morgan fingerprint density at radius 2 is 2.20 bits per heavy atom. The second kappa shape index (κ2) is 5.39. The van der Waals surface area contributed by atoms with Crippen LogP contribution in [0.5, 0.6) is 5.75 Å². The zero-order valence-electron chi connectivity index (χ0n) is 9.32. The Morgan fingerprint density at radius 3 is 2.80 bits per heavy atom. The number of rotatable bonds is 4. The predicted octanol–water partition coefficient (Wildman–Crippen LogP) is 2.33. The van der Waals surface area contributed by atoms with E-state index < -0.39 is 6.10 Å². The molecular formula is C12H16O3. The third kappa shape index (κ3) is 3.62. The molecule has 0 N–H and O–H groups in total. The van der Waals surface area contributed by atoms with Gasteiger partial charge in [-0.15, -0.1) is 0 Å². The van der Waals surface area contributed by atoms with Crippen LogP contribution in [0.3, 0.4) is 0 Å². The maximum absolute atomic E-state index is 11.3. The topological polar surface area (TPSA) is 35.5 Å². The van der Waals surface area contributed by atoms with Crippen LogP contribution in [0.2, 0.25) is 0 Å². The summed E-state index contributed by atoms with van der Waals surface area (Å²) in [6, 6.07) is 7.57. The van der Waals surface area contributed by atoms with E-state index in [0.717, 1.165) is 5.56 Å². The highest BCUT2D eigenvalue weighted by Gasteiger charge is 2.15. The van der Waals surface area contributed by atoms with Gasteiger partial charge in [0.15, 0.2) is 6.10 Å². The summed E-state index contributed by atoms with van der Waals surface area (Å²) in [6.45, 7) is 5.81. The largest absolute Gasteiger partial charge is 0.479 e. The molecule has 0 saturated heterocycles. The molecule has 15 heavy (non-hydrogen) atoms. The van der Waals surface area contributed by atoms with Gasteiger partial charge in [0.1, 0.15) is 5.75 Å². The third-order valence-electron chi connectivity index (χ3n) is 1.92. The quantitative estimate of drug-likeness (QED) is 0.712. The molecule has 0 saturated carbocycles. The Hall–Kier alpha value is -1.51. The molecule has 0 bridgehead atoms. The van der Waals surface area contributed by atoms with Gasteiger partial charge in [-0.3, -0.25) is 0 Å². The number of hydrogen-bond acceptors (Lipinski definition) is 3. The minimum atomic E-state index is -0.563. The number of carbonyl (C=O) groups is 1. The molecule has 0 aliphatic carbocycles. The highest BCUT2D eigenvalue weighted by Crippen LogP contribution is 2.14. The van der Waals surface area contributed by atoms with Crippen molar-refractivity contribution >= 4 is 5.97 Å². The summed E-state index contributed by atoms with van der Waals surface area (Å²) in [5.74, 6) is 0.356. The van der Waals surface area contributed by atoms with Crippen molar-refractivity contribution < 1.29 is 14.3 Å². The van der Waals surface area contributed by atoms with Crippen molar-refractivity contribution in [3.63, 3.8) is 0 Å². The average Bonchev–Trinajstić information content (AvgIpc) is 2.18. The highest BCUT2D eigenvalue weighted by atomic mass is 16.6. The fraction of sp³-hybridized carbons (Fsp3) is 0.417. The van der Waals surface area contributed by atoms with Crippen LogP contribution in [0.4, 0.5) is 0 Å². The molecule has 0 spiro atoms. The lowest BCUT2D eigenvalue weighted by Crippen LogP contribution is -2.26. The number of esters is 1. The lowest BCUT2D eigenvalue weighted by atomic mass is 10.2. The Morgan fingerprint density at radius 1 is 1.47 bits per heavy atom. The maximum Gasteiger partial charge on any atom is 0.347 e. The fourth-order valence-electron chi connectivity index (χ4n) is 1.20. The first-order valence-electron chi connectivity index (χ1n) is 5.03. The normalized spacial score (nSPS) is 11.9. The minimum absolute atomic E-state index is 0.334. The molecule has 0 unspecified atom stereocenters. The van der Waals surface area contributed by atoms with Gasteiger partial charge >= 0.3 is 5.97 Å². The van der Waals surface area contributed by atoms with Crippen LogP contribution < -0.4 is 4.74 Å². The van der Waals surface area contributed by atoms with Gasteiger partial charge in [0.2, 0.25) is 0 Å². The SMILES string of the molecule is CCOC(=O)[C@H](C)Oc1cccc(C)c1. The second-order valence-electron chi connectivity index (χ2n) is 3.33. The standard InChI is InChI=1S/C12H16O3/c1-4-14-12(13)10(3)15-11-7-5-6-9(2)8-11/h5-8,10H,4H2,1-3H3/t10-/m0/s1. The van der Waals surface area contributed by atoms with Crippen LogP contribution in [0.25, 0.3) is 0 Å². The molecule has 3 nitrogen and oxygen atoms in total. The zero-order chi connectivity index (χ0) is 11.3. The second-order valence-corrected chi connectivity index (χ2v) is 3.33. The number of aryl methyl sites for hydroxylation is 1. The summed E-state index contributed by atoms with van der Waals surface area (Å²) < 4.78 is 10.3. The fourth-order valence-corrected chi connectivity index (χ4v) is 1.20. The van der Waals surface area contributed by atoms with Gasteiger partial charge in [-0.05, 0) is 38.5 Å². The van der Waals surface area contributed by atoms with Crippen LogP contribution >= 0.6 is 0 Å². The molecule has 82 valence electrons. The summed E-state index contributed by atoms with van der Waals surface area (Å²) in [6.07, 6.45) is -0.563. The van der Waals surface area contributed by atoms with Crippen molar-refractivity contribution in [1.82, 2.24) is 0 Å². The van der Waals surface area contributed by atoms with E-state index in [4.69, 9.17) is 9.47 Å². The summed E-state index contributed by atoms with van der Waals surface area (Å²) in [5, 5.41) is 0. The van der Waals surface area contributed by atoms with Crippen LogP contribution in [0.1, 0.15) is 19.4 Å². The van der Waals surface area contributed by atoms with Gasteiger partial charge in [0.05, 0.1) is 6.61 Å². The van der Waals surface area contributed by atoms with E-state index in [-0.39, 0.29) is 5.97 Å². The van der Waals surface area contributed by atoms with Crippen LogP contribution in [0, 0.1) is 6.92 Å². The monoisotopic (exact) mass is 208 g/mol. The molecule has 0 fully saturated rings. The van der Waals surface area contributed by atoms with Gasteiger partial charge in [0, 0.05) is 0 Å². The van der Waals surface area contributed by atoms with Gasteiger partial charge in [-0.25, -0.2) is 4.79 Å². The number of benzene rings is 1. The zero-order valence-corrected chi connectivity index (χ0v) is 9.32. The first-order valence-corrected chi connectivity index (χ1v) is 5.03. The molecule has 0 aliphatic rings. The minimum Gasteiger partial charge on any atom is -0.479 e. The first-order chi connectivity index (χ1) is 7.13. The lowest BCUT2D eigenvalue weighted by molar-refractivity contribution is -0.150. The Kier molecular flexibility index (Phi) is 4.16. The number of hydrogen-bond donors (Lipinski definition) is 0. The molecule has 1 aromatic rings. The Bertz CT molecular complexity index is 333. The van der Waals surface area contributed by atoms with Crippen LogP contribution in [-0.4, -0.2) is 18.7 Å². The van der Waals surface area contributed by atoms with Gasteiger partial charge in [-0.2, -0.15) is 0 Å². The Balaban J connectivity index is 2.58. The number of ether oxygens (including phenoxy) is 2. The molecule has 3 heteroatoms.